The summed E-state index contributed by atoms with van der Waals surface area (Å²) in [6.07, 6.45) is 0.960. The van der Waals surface area contributed by atoms with Gasteiger partial charge in [-0.1, -0.05) is 31.2 Å². The van der Waals surface area contributed by atoms with E-state index in [1.54, 1.807) is 43.1 Å². The second-order valence-corrected chi connectivity index (χ2v) is 9.37. The van der Waals surface area contributed by atoms with Crippen molar-refractivity contribution in [3.8, 4) is 17.0 Å². The van der Waals surface area contributed by atoms with Crippen LogP contribution in [0.5, 0.6) is 5.88 Å². The van der Waals surface area contributed by atoms with Crippen LogP contribution in [0, 0.1) is 17.6 Å². The van der Waals surface area contributed by atoms with Crippen molar-refractivity contribution in [1.82, 2.24) is 14.8 Å². The van der Waals surface area contributed by atoms with Gasteiger partial charge in [0.1, 0.15) is 23.3 Å². The van der Waals surface area contributed by atoms with Gasteiger partial charge in [0.15, 0.2) is 0 Å². The molecule has 3 aromatic rings. The fourth-order valence-corrected chi connectivity index (χ4v) is 4.31. The number of rotatable bonds is 6. The van der Waals surface area contributed by atoms with Crippen molar-refractivity contribution in [3.05, 3.63) is 83.6 Å². The Morgan fingerprint density at radius 1 is 1.19 bits per heavy atom. The first kappa shape index (κ1) is 26.2. The van der Waals surface area contributed by atoms with E-state index in [9.17, 15) is 23.5 Å². The number of fused-ring (bicyclic) bond motifs is 1. The molecular weight excluding hydrogens is 480 g/mol. The molecule has 1 aliphatic heterocycles. The Bertz CT molecular complexity index is 1280. The van der Waals surface area contributed by atoms with E-state index in [0.29, 0.717) is 11.1 Å². The average molecular weight is 510 g/mol. The fourth-order valence-electron chi connectivity index (χ4n) is 4.31. The summed E-state index contributed by atoms with van der Waals surface area (Å²) in [7, 11) is 1.56. The highest BCUT2D eigenvalue weighted by Gasteiger charge is 2.35. The molecule has 0 bridgehead atoms. The summed E-state index contributed by atoms with van der Waals surface area (Å²) in [5, 5.41) is 9.83. The molecular formula is C28H29F2N3O4. The number of amides is 2. The summed E-state index contributed by atoms with van der Waals surface area (Å²) in [6, 6.07) is 12.8. The number of pyridine rings is 1. The molecule has 37 heavy (non-hydrogen) atoms. The number of halogens is 2. The maximum Gasteiger partial charge on any atom is 0.259 e. The molecule has 1 aromatic heterocycles. The van der Waals surface area contributed by atoms with Gasteiger partial charge in [-0.25, -0.2) is 13.8 Å². The number of likely N-dealkylation sites (N-methyl/N-ethyl adjacent to an activating group) is 1. The minimum Gasteiger partial charge on any atom is -0.472 e. The maximum atomic E-state index is 14.2. The van der Waals surface area contributed by atoms with Crippen molar-refractivity contribution in [2.24, 2.45) is 5.92 Å². The van der Waals surface area contributed by atoms with E-state index in [2.05, 4.69) is 4.98 Å². The Labute approximate surface area is 214 Å². The molecule has 0 spiro atoms. The monoisotopic (exact) mass is 509 g/mol. The molecule has 7 nitrogen and oxygen atoms in total. The van der Waals surface area contributed by atoms with E-state index in [1.807, 2.05) is 6.92 Å². The number of benzene rings is 2. The zero-order valence-electron chi connectivity index (χ0n) is 20.9. The van der Waals surface area contributed by atoms with E-state index in [-0.39, 0.29) is 54.3 Å². The van der Waals surface area contributed by atoms with Gasteiger partial charge in [0.25, 0.3) is 11.8 Å². The highest BCUT2D eigenvalue weighted by Crippen LogP contribution is 2.30. The molecule has 4 rings (SSSR count). The predicted octanol–water partition coefficient (Wildman–Crippen LogP) is 4.02. The van der Waals surface area contributed by atoms with E-state index in [1.165, 1.54) is 41.4 Å². The molecule has 2 aromatic carbocycles. The normalized spacial score (nSPS) is 18.3. The molecule has 0 saturated carbocycles. The summed E-state index contributed by atoms with van der Waals surface area (Å²) in [5.41, 5.74) is 1.43. The standard InChI is InChI=1S/C28H29F2N3O4/c1-17-14-33(18(2)16-34)28(36)23-12-20(19-8-10-21(29)11-9-19)13-31-26(23)37-25(17)15-32(3)27(35)22-6-4-5-7-24(22)30/h4-13,17-18,25,34H,14-16H2,1-3H3/t17-,18-,25+/m1/s1. The topological polar surface area (TPSA) is 83.0 Å². The SMILES string of the molecule is C[C@@H]1CN([C@H](C)CO)C(=O)c2cc(-c3ccc(F)cc3)cnc2O[C@H]1CN(C)C(=O)c1ccccc1F. The van der Waals surface area contributed by atoms with Crippen LogP contribution in [0.15, 0.2) is 60.8 Å². The minimum atomic E-state index is -0.611. The third-order valence-electron chi connectivity index (χ3n) is 6.60. The van der Waals surface area contributed by atoms with Crippen molar-refractivity contribution in [3.63, 3.8) is 0 Å². The number of aromatic nitrogens is 1. The lowest BCUT2D eigenvalue weighted by Gasteiger charge is -2.37. The van der Waals surface area contributed by atoms with Crippen LogP contribution in [-0.2, 0) is 0 Å². The molecule has 3 atom stereocenters. The van der Waals surface area contributed by atoms with E-state index in [4.69, 9.17) is 4.74 Å². The Balaban J connectivity index is 1.68. The molecule has 0 fully saturated rings. The summed E-state index contributed by atoms with van der Waals surface area (Å²) >= 11 is 0. The summed E-state index contributed by atoms with van der Waals surface area (Å²) in [4.78, 5) is 33.9. The number of hydrogen-bond donors (Lipinski definition) is 1. The lowest BCUT2D eigenvalue weighted by Crippen LogP contribution is -2.50. The van der Waals surface area contributed by atoms with Gasteiger partial charge >= 0.3 is 0 Å². The zero-order chi connectivity index (χ0) is 26.7. The lowest BCUT2D eigenvalue weighted by atomic mass is 9.99. The Hall–Kier alpha value is -3.85. The molecule has 1 N–H and O–H groups in total. The van der Waals surface area contributed by atoms with Gasteiger partial charge in [-0.2, -0.15) is 0 Å². The zero-order valence-corrected chi connectivity index (χ0v) is 20.9. The van der Waals surface area contributed by atoms with Crippen molar-refractivity contribution in [2.45, 2.75) is 26.0 Å². The number of carbonyl (C=O) groups excluding carboxylic acids is 2. The number of aliphatic hydroxyl groups excluding tert-OH is 1. The molecule has 194 valence electrons. The number of aliphatic hydroxyl groups is 1. The predicted molar refractivity (Wildman–Crippen MR) is 134 cm³/mol. The van der Waals surface area contributed by atoms with Crippen LogP contribution in [0.1, 0.15) is 34.6 Å². The second kappa shape index (κ2) is 11.0. The van der Waals surface area contributed by atoms with Crippen molar-refractivity contribution >= 4 is 11.8 Å². The molecule has 0 aliphatic carbocycles. The molecule has 0 saturated heterocycles. The first-order valence-corrected chi connectivity index (χ1v) is 12.0. The van der Waals surface area contributed by atoms with Crippen molar-refractivity contribution in [2.75, 3.05) is 26.7 Å². The molecule has 2 heterocycles. The van der Waals surface area contributed by atoms with Crippen LogP contribution in [0.3, 0.4) is 0 Å². The van der Waals surface area contributed by atoms with Crippen LogP contribution in [0.2, 0.25) is 0 Å². The summed E-state index contributed by atoms with van der Waals surface area (Å²) < 4.78 is 33.8. The highest BCUT2D eigenvalue weighted by molar-refractivity contribution is 5.98. The van der Waals surface area contributed by atoms with Crippen molar-refractivity contribution in [1.29, 1.82) is 0 Å². The minimum absolute atomic E-state index is 0.0448. The van der Waals surface area contributed by atoms with Crippen LogP contribution >= 0.6 is 0 Å². The quantitative estimate of drug-likeness (QED) is 0.543. The van der Waals surface area contributed by atoms with E-state index >= 15 is 0 Å². The van der Waals surface area contributed by atoms with Crippen LogP contribution in [0.4, 0.5) is 8.78 Å². The lowest BCUT2D eigenvalue weighted by molar-refractivity contribution is 0.0312. The van der Waals surface area contributed by atoms with Gasteiger partial charge < -0.3 is 19.6 Å². The number of hydrogen-bond acceptors (Lipinski definition) is 5. The fraction of sp³-hybridized carbons (Fsp3) is 0.321. The van der Waals surface area contributed by atoms with Gasteiger partial charge in [-0.15, -0.1) is 0 Å². The van der Waals surface area contributed by atoms with Crippen LogP contribution in [0.25, 0.3) is 11.1 Å². The van der Waals surface area contributed by atoms with Gasteiger partial charge in [0, 0.05) is 31.3 Å². The third-order valence-corrected chi connectivity index (χ3v) is 6.60. The average Bonchev–Trinajstić information content (AvgIpc) is 2.90. The van der Waals surface area contributed by atoms with Gasteiger partial charge in [-0.3, -0.25) is 9.59 Å². The smallest absolute Gasteiger partial charge is 0.259 e. The molecule has 1 aliphatic rings. The van der Waals surface area contributed by atoms with E-state index < -0.39 is 23.9 Å². The van der Waals surface area contributed by atoms with Gasteiger partial charge in [0.05, 0.1) is 24.8 Å². The Morgan fingerprint density at radius 3 is 2.57 bits per heavy atom. The van der Waals surface area contributed by atoms with Gasteiger partial charge in [0.2, 0.25) is 5.88 Å². The highest BCUT2D eigenvalue weighted by atomic mass is 19.1. The first-order chi connectivity index (χ1) is 17.7. The van der Waals surface area contributed by atoms with E-state index in [0.717, 1.165) is 0 Å². The summed E-state index contributed by atoms with van der Waals surface area (Å²) in [5.74, 6) is -1.99. The number of carbonyl (C=O) groups is 2. The Kier molecular flexibility index (Phi) is 7.83. The maximum absolute atomic E-state index is 14.2. The molecule has 2 amide bonds. The third kappa shape index (κ3) is 5.61. The first-order valence-electron chi connectivity index (χ1n) is 12.0. The van der Waals surface area contributed by atoms with Crippen LogP contribution < -0.4 is 4.74 Å². The second-order valence-electron chi connectivity index (χ2n) is 9.37. The molecule has 0 unspecified atom stereocenters. The summed E-state index contributed by atoms with van der Waals surface area (Å²) in [6.45, 7) is 3.76. The number of nitrogens with zero attached hydrogens (tertiary/aromatic N) is 3. The number of ether oxygens (including phenoxy) is 1. The molecule has 0 radical (unpaired) electrons. The van der Waals surface area contributed by atoms with Crippen molar-refractivity contribution < 1.29 is 28.2 Å². The Morgan fingerprint density at radius 2 is 1.89 bits per heavy atom. The van der Waals surface area contributed by atoms with Crippen LogP contribution in [-0.4, -0.2) is 70.6 Å². The molecule has 9 heteroatoms. The van der Waals surface area contributed by atoms with Gasteiger partial charge in [-0.05, 0) is 42.8 Å². The largest absolute Gasteiger partial charge is 0.472 e.